The summed E-state index contributed by atoms with van der Waals surface area (Å²) in [6.07, 6.45) is 0. The van der Waals surface area contributed by atoms with Crippen LogP contribution in [0.5, 0.6) is 0 Å². The maximum Gasteiger partial charge on any atom is 0.286 e. The van der Waals surface area contributed by atoms with Crippen molar-refractivity contribution in [3.05, 3.63) is 35.6 Å². The average Bonchev–Trinajstić information content (AvgIpc) is 2.30. The predicted octanol–water partition coefficient (Wildman–Crippen LogP) is -0.344. The minimum absolute atomic E-state index is 0.109. The van der Waals surface area contributed by atoms with Crippen molar-refractivity contribution >= 4 is 17.5 Å². The molecule has 6 nitrogen and oxygen atoms in total. The largest absolute Gasteiger partial charge is 0.289 e. The second-order valence-electron chi connectivity index (χ2n) is 3.11. The summed E-state index contributed by atoms with van der Waals surface area (Å²) in [5.41, 5.74) is 4.23. The number of hydrazone groups is 1. The van der Waals surface area contributed by atoms with E-state index in [4.69, 9.17) is 5.84 Å². The molecule has 0 radical (unpaired) electrons. The van der Waals surface area contributed by atoms with Crippen LogP contribution in [0.1, 0.15) is 12.5 Å². The van der Waals surface area contributed by atoms with Gasteiger partial charge >= 0.3 is 0 Å². The highest BCUT2D eigenvalue weighted by molar-refractivity contribution is 6.45. The molecule has 0 saturated carbocycles. The zero-order valence-corrected chi connectivity index (χ0v) is 9.03. The number of carbonyl (C=O) groups is 2. The van der Waals surface area contributed by atoms with Gasteiger partial charge in [-0.25, -0.2) is 15.7 Å². The van der Waals surface area contributed by atoms with Gasteiger partial charge in [0.1, 0.15) is 5.82 Å². The lowest BCUT2D eigenvalue weighted by atomic mass is 10.1. The molecule has 1 aromatic carbocycles. The second kappa shape index (κ2) is 5.71. The summed E-state index contributed by atoms with van der Waals surface area (Å²) in [5.74, 6) is 3.41. The van der Waals surface area contributed by atoms with Gasteiger partial charge in [-0.05, 0) is 24.3 Å². The number of nitrogens with zero attached hydrogens (tertiary/aromatic N) is 1. The number of rotatable bonds is 3. The van der Waals surface area contributed by atoms with Gasteiger partial charge < -0.3 is 0 Å². The Labute approximate surface area is 96.7 Å². The maximum absolute atomic E-state index is 12.7. The number of carbonyl (C=O) groups excluding carboxylic acids is 2. The average molecular weight is 238 g/mol. The molecule has 0 spiro atoms. The van der Waals surface area contributed by atoms with Crippen LogP contribution in [0.25, 0.3) is 0 Å². The Balaban J connectivity index is 3.06. The van der Waals surface area contributed by atoms with Crippen LogP contribution in [0.15, 0.2) is 29.4 Å². The normalized spacial score (nSPS) is 10.9. The molecule has 0 aliphatic carbocycles. The molecule has 0 aliphatic heterocycles. The molecule has 90 valence electrons. The lowest BCUT2D eigenvalue weighted by molar-refractivity contribution is -0.118. The van der Waals surface area contributed by atoms with Crippen LogP contribution in [-0.2, 0) is 9.59 Å². The first-order valence-electron chi connectivity index (χ1n) is 4.65. The Morgan fingerprint density at radius 1 is 1.29 bits per heavy atom. The molecule has 0 unspecified atom stereocenters. The van der Waals surface area contributed by atoms with E-state index in [1.54, 1.807) is 0 Å². The van der Waals surface area contributed by atoms with Crippen molar-refractivity contribution in [3.63, 3.8) is 0 Å². The highest BCUT2D eigenvalue weighted by atomic mass is 19.1. The Hall–Kier alpha value is -2.28. The van der Waals surface area contributed by atoms with E-state index in [0.717, 1.165) is 0 Å². The number of benzene rings is 1. The number of amides is 2. The minimum Gasteiger partial charge on any atom is -0.289 e. The summed E-state index contributed by atoms with van der Waals surface area (Å²) in [5, 5.41) is 3.60. The van der Waals surface area contributed by atoms with Crippen molar-refractivity contribution in [2.24, 2.45) is 10.9 Å². The third-order valence-electron chi connectivity index (χ3n) is 1.79. The molecule has 0 saturated heterocycles. The van der Waals surface area contributed by atoms with Gasteiger partial charge in [0, 0.05) is 12.5 Å². The van der Waals surface area contributed by atoms with Gasteiger partial charge in [-0.1, -0.05) is 0 Å². The summed E-state index contributed by atoms with van der Waals surface area (Å²) in [6.45, 7) is 1.24. The van der Waals surface area contributed by atoms with E-state index in [1.165, 1.54) is 31.2 Å². The molecule has 1 rings (SSSR count). The fourth-order valence-electron chi connectivity index (χ4n) is 1.06. The van der Waals surface area contributed by atoms with Crippen molar-refractivity contribution in [3.8, 4) is 0 Å². The summed E-state index contributed by atoms with van der Waals surface area (Å²) in [6, 6.07) is 5.04. The lowest BCUT2D eigenvalue weighted by Crippen LogP contribution is -2.38. The number of nitrogens with two attached hydrogens (primary N) is 1. The molecule has 2 amide bonds. The molecular formula is C10H11FN4O2. The van der Waals surface area contributed by atoms with Gasteiger partial charge in [0.2, 0.25) is 5.91 Å². The van der Waals surface area contributed by atoms with Gasteiger partial charge in [-0.15, -0.1) is 0 Å². The fourth-order valence-corrected chi connectivity index (χ4v) is 1.06. The van der Waals surface area contributed by atoms with Gasteiger partial charge in [-0.3, -0.25) is 15.0 Å². The molecule has 0 heterocycles. The third kappa shape index (κ3) is 3.65. The van der Waals surface area contributed by atoms with Crippen LogP contribution >= 0.6 is 0 Å². The van der Waals surface area contributed by atoms with Gasteiger partial charge in [0.05, 0.1) is 0 Å². The SMILES string of the molecule is CC(=O)NN=C(C(=O)NN)c1ccc(F)cc1. The Morgan fingerprint density at radius 3 is 2.35 bits per heavy atom. The van der Waals surface area contributed by atoms with E-state index in [0.29, 0.717) is 5.56 Å². The van der Waals surface area contributed by atoms with E-state index in [2.05, 4.69) is 10.5 Å². The lowest BCUT2D eigenvalue weighted by Gasteiger charge is -2.05. The van der Waals surface area contributed by atoms with E-state index >= 15 is 0 Å². The van der Waals surface area contributed by atoms with Crippen LogP contribution < -0.4 is 16.7 Å². The Morgan fingerprint density at radius 2 is 1.88 bits per heavy atom. The van der Waals surface area contributed by atoms with E-state index < -0.39 is 17.6 Å². The maximum atomic E-state index is 12.7. The van der Waals surface area contributed by atoms with Crippen LogP contribution in [0.3, 0.4) is 0 Å². The zero-order valence-electron chi connectivity index (χ0n) is 9.03. The smallest absolute Gasteiger partial charge is 0.286 e. The van der Waals surface area contributed by atoms with Crippen molar-refractivity contribution in [2.45, 2.75) is 6.92 Å². The van der Waals surface area contributed by atoms with Crippen molar-refractivity contribution in [1.29, 1.82) is 0 Å². The Kier molecular flexibility index (Phi) is 4.29. The quantitative estimate of drug-likeness (QED) is 0.291. The summed E-state index contributed by atoms with van der Waals surface area (Å²) >= 11 is 0. The first kappa shape index (κ1) is 12.8. The van der Waals surface area contributed by atoms with Gasteiger partial charge in [-0.2, -0.15) is 5.10 Å². The molecule has 0 atom stereocenters. The number of nitrogens with one attached hydrogen (secondary N) is 2. The van der Waals surface area contributed by atoms with Crippen molar-refractivity contribution in [1.82, 2.24) is 10.9 Å². The van der Waals surface area contributed by atoms with E-state index in [1.807, 2.05) is 5.43 Å². The summed E-state index contributed by atoms with van der Waals surface area (Å²) in [4.78, 5) is 22.1. The standard InChI is InChI=1S/C10H11FN4O2/c1-6(16)14-15-9(10(17)13-12)7-2-4-8(11)5-3-7/h2-5H,12H2,1H3,(H,13,17)(H,14,16). The number of hydrazine groups is 1. The molecule has 4 N–H and O–H groups in total. The topological polar surface area (TPSA) is 96.6 Å². The zero-order chi connectivity index (χ0) is 12.8. The molecule has 0 aliphatic rings. The highest BCUT2D eigenvalue weighted by Crippen LogP contribution is 2.04. The highest BCUT2D eigenvalue weighted by Gasteiger charge is 2.13. The minimum atomic E-state index is -0.689. The first-order valence-corrected chi connectivity index (χ1v) is 4.65. The van der Waals surface area contributed by atoms with Gasteiger partial charge in [0.15, 0.2) is 5.71 Å². The number of halogens is 1. The fraction of sp³-hybridized carbons (Fsp3) is 0.100. The van der Waals surface area contributed by atoms with Crippen LogP contribution in [0, 0.1) is 5.82 Å². The molecule has 0 bridgehead atoms. The van der Waals surface area contributed by atoms with Crippen LogP contribution in [-0.4, -0.2) is 17.5 Å². The molecule has 0 fully saturated rings. The summed E-state index contributed by atoms with van der Waals surface area (Å²) < 4.78 is 12.7. The van der Waals surface area contributed by atoms with Crippen molar-refractivity contribution in [2.75, 3.05) is 0 Å². The second-order valence-corrected chi connectivity index (χ2v) is 3.11. The van der Waals surface area contributed by atoms with Crippen LogP contribution in [0.4, 0.5) is 4.39 Å². The number of hydrogen-bond acceptors (Lipinski definition) is 4. The molecule has 0 aromatic heterocycles. The molecule has 17 heavy (non-hydrogen) atoms. The third-order valence-corrected chi connectivity index (χ3v) is 1.79. The van der Waals surface area contributed by atoms with E-state index in [9.17, 15) is 14.0 Å². The molecule has 1 aromatic rings. The molecular weight excluding hydrogens is 227 g/mol. The molecule has 7 heteroatoms. The van der Waals surface area contributed by atoms with Gasteiger partial charge in [0.25, 0.3) is 5.91 Å². The van der Waals surface area contributed by atoms with E-state index in [-0.39, 0.29) is 5.71 Å². The summed E-state index contributed by atoms with van der Waals surface area (Å²) in [7, 11) is 0. The monoisotopic (exact) mass is 238 g/mol. The first-order chi connectivity index (χ1) is 8.04. The predicted molar refractivity (Wildman–Crippen MR) is 59.1 cm³/mol. The van der Waals surface area contributed by atoms with Crippen molar-refractivity contribution < 1.29 is 14.0 Å². The number of hydrogen-bond donors (Lipinski definition) is 3. The Bertz CT molecular complexity index is 456. The van der Waals surface area contributed by atoms with Crippen LogP contribution in [0.2, 0.25) is 0 Å².